The van der Waals surface area contributed by atoms with E-state index in [2.05, 4.69) is 15.6 Å². The van der Waals surface area contributed by atoms with Crippen molar-refractivity contribution < 1.29 is 14.6 Å². The molecule has 5 aromatic rings. The van der Waals surface area contributed by atoms with E-state index in [1.54, 1.807) is 24.6 Å². The maximum Gasteiger partial charge on any atom is 0.320 e. The van der Waals surface area contributed by atoms with Crippen molar-refractivity contribution in [3.8, 4) is 28.3 Å². The van der Waals surface area contributed by atoms with Crippen LogP contribution in [0.1, 0.15) is 29.8 Å². The third-order valence-electron chi connectivity index (χ3n) is 7.90. The molecule has 4 heterocycles. The molecule has 0 aliphatic carbocycles. The van der Waals surface area contributed by atoms with Crippen molar-refractivity contribution in [2.45, 2.75) is 38.4 Å². The molecule has 12 heteroatoms. The highest BCUT2D eigenvalue weighted by Crippen LogP contribution is 2.42. The number of benzene rings is 2. The largest absolute Gasteiger partial charge is 0.481 e. The topological polar surface area (TPSA) is 113 Å². The van der Waals surface area contributed by atoms with Crippen molar-refractivity contribution >= 4 is 62.2 Å². The van der Waals surface area contributed by atoms with E-state index in [-0.39, 0.29) is 0 Å². The van der Waals surface area contributed by atoms with E-state index < -0.39 is 12.0 Å². The average Bonchev–Trinajstić information content (AvgIpc) is 3.46. The van der Waals surface area contributed by atoms with Gasteiger partial charge in [-0.3, -0.25) is 9.69 Å². The van der Waals surface area contributed by atoms with Gasteiger partial charge in [0.25, 0.3) is 0 Å². The summed E-state index contributed by atoms with van der Waals surface area (Å²) < 4.78 is 6.49. The molecule has 1 saturated heterocycles. The van der Waals surface area contributed by atoms with Crippen LogP contribution in [0.25, 0.3) is 32.6 Å². The number of ether oxygens (including phenoxy) is 1. The van der Waals surface area contributed by atoms with Crippen molar-refractivity contribution in [3.63, 3.8) is 0 Å². The van der Waals surface area contributed by atoms with E-state index in [0.717, 1.165) is 51.3 Å². The number of carboxylic acid groups (broad SMARTS) is 1. The first-order valence-corrected chi connectivity index (χ1v) is 16.2. The van der Waals surface area contributed by atoms with Gasteiger partial charge in [0.2, 0.25) is 5.88 Å². The van der Waals surface area contributed by atoms with E-state index in [9.17, 15) is 9.90 Å². The summed E-state index contributed by atoms with van der Waals surface area (Å²) in [4.78, 5) is 28.0. The van der Waals surface area contributed by atoms with Gasteiger partial charge >= 0.3 is 5.97 Å². The predicted octanol–water partition coefficient (Wildman–Crippen LogP) is 7.64. The lowest BCUT2D eigenvalue weighted by atomic mass is 10.00. The summed E-state index contributed by atoms with van der Waals surface area (Å²) >= 11 is 15.6. The number of carboxylic acids is 1. The fraction of sp³-hybridized carbons (Fsp3) is 0.273. The van der Waals surface area contributed by atoms with Crippen LogP contribution in [0.4, 0.5) is 11.5 Å². The Hall–Kier alpha value is -3.80. The van der Waals surface area contributed by atoms with E-state index >= 15 is 0 Å². The lowest BCUT2D eigenvalue weighted by molar-refractivity contribution is -0.144. The molecule has 0 amide bonds. The third kappa shape index (κ3) is 6.47. The molecule has 1 unspecified atom stereocenters. The predicted molar refractivity (Wildman–Crippen MR) is 181 cm³/mol. The van der Waals surface area contributed by atoms with Gasteiger partial charge in [0.1, 0.15) is 16.6 Å². The standard InChI is InChI=1S/C33H32Cl2N6O3S/c1-36-17-19-12-13-23(39-32(19)44-2)22-9-5-7-20(28(22)34)21-8-6-10-24(29(21)35)38-31-30-26(14-15-37-31)45-27(40-30)18-41-16-4-3-11-25(41)33(42)43/h5-10,12-15,25,36H,3-4,11,16-18H2,1-2H3,(H,37,38)(H,42,43). The van der Waals surface area contributed by atoms with Crippen LogP contribution in [0.15, 0.2) is 60.8 Å². The van der Waals surface area contributed by atoms with Gasteiger partial charge in [0.15, 0.2) is 5.82 Å². The number of hydrogen-bond acceptors (Lipinski definition) is 9. The van der Waals surface area contributed by atoms with Crippen molar-refractivity contribution in [1.29, 1.82) is 0 Å². The lowest BCUT2D eigenvalue weighted by Crippen LogP contribution is -2.43. The minimum Gasteiger partial charge on any atom is -0.481 e. The van der Waals surface area contributed by atoms with Crippen molar-refractivity contribution in [1.82, 2.24) is 25.2 Å². The number of aliphatic carboxylic acids is 1. The van der Waals surface area contributed by atoms with Crippen molar-refractivity contribution in [2.24, 2.45) is 0 Å². The fourth-order valence-corrected chi connectivity index (χ4v) is 7.31. The van der Waals surface area contributed by atoms with Crippen LogP contribution >= 0.6 is 34.5 Å². The maximum absolute atomic E-state index is 11.8. The highest BCUT2D eigenvalue weighted by Gasteiger charge is 2.29. The number of nitrogens with zero attached hydrogens (tertiary/aromatic N) is 4. The SMILES string of the molecule is CNCc1ccc(-c2cccc(-c3cccc(Nc4nccc5sc(CN6CCCCC6C(=O)O)nc45)c3Cl)c2Cl)nc1OC. The number of methoxy groups -OCH3 is 1. The number of thiazole rings is 1. The first kappa shape index (κ1) is 31.2. The third-order valence-corrected chi connectivity index (χ3v) is 9.72. The number of piperidine rings is 1. The Labute approximate surface area is 275 Å². The Kier molecular flexibility index (Phi) is 9.48. The van der Waals surface area contributed by atoms with Gasteiger partial charge in [-0.15, -0.1) is 11.3 Å². The van der Waals surface area contributed by atoms with Crippen LogP contribution in [0.5, 0.6) is 5.88 Å². The van der Waals surface area contributed by atoms with Crippen LogP contribution in [0.2, 0.25) is 10.0 Å². The summed E-state index contributed by atoms with van der Waals surface area (Å²) in [7, 11) is 3.48. The average molecular weight is 664 g/mol. The number of nitrogens with one attached hydrogen (secondary N) is 2. The number of pyridine rings is 2. The number of halogens is 2. The molecule has 232 valence electrons. The highest BCUT2D eigenvalue weighted by molar-refractivity contribution is 7.18. The Morgan fingerprint density at radius 3 is 2.60 bits per heavy atom. The summed E-state index contributed by atoms with van der Waals surface area (Å²) in [6.45, 7) is 1.86. The number of fused-ring (bicyclic) bond motifs is 1. The first-order chi connectivity index (χ1) is 21.9. The number of rotatable bonds is 10. The van der Waals surface area contributed by atoms with E-state index in [4.69, 9.17) is 37.9 Å². The molecular weight excluding hydrogens is 631 g/mol. The number of aromatic nitrogens is 3. The lowest BCUT2D eigenvalue weighted by Gasteiger charge is -2.31. The molecule has 1 aliphatic heterocycles. The summed E-state index contributed by atoms with van der Waals surface area (Å²) in [5, 5.41) is 18.1. The molecular formula is C33H32Cl2N6O3S. The monoisotopic (exact) mass is 662 g/mol. The molecule has 1 fully saturated rings. The smallest absolute Gasteiger partial charge is 0.320 e. The van der Waals surface area contributed by atoms with Crippen molar-refractivity contribution in [2.75, 3.05) is 26.0 Å². The molecule has 45 heavy (non-hydrogen) atoms. The molecule has 0 bridgehead atoms. The molecule has 0 radical (unpaired) electrons. The molecule has 3 N–H and O–H groups in total. The molecule has 3 aromatic heterocycles. The molecule has 2 aromatic carbocycles. The second kappa shape index (κ2) is 13.7. The van der Waals surface area contributed by atoms with Gasteiger partial charge in [0.05, 0.1) is 39.8 Å². The van der Waals surface area contributed by atoms with Crippen LogP contribution < -0.4 is 15.4 Å². The van der Waals surface area contributed by atoms with Gasteiger partial charge in [-0.2, -0.15) is 0 Å². The number of likely N-dealkylation sites (tertiary alicyclic amines) is 1. The molecule has 6 rings (SSSR count). The Morgan fingerprint density at radius 2 is 1.82 bits per heavy atom. The van der Waals surface area contributed by atoms with Gasteiger partial charge in [-0.05, 0) is 44.6 Å². The van der Waals surface area contributed by atoms with Gasteiger partial charge in [-0.25, -0.2) is 15.0 Å². The quantitative estimate of drug-likeness (QED) is 0.139. The van der Waals surface area contributed by atoms with E-state index in [1.165, 1.54) is 0 Å². The normalized spacial score (nSPS) is 15.3. The number of hydrogen-bond donors (Lipinski definition) is 3. The molecule has 1 aliphatic rings. The van der Waals surface area contributed by atoms with Crippen LogP contribution in [-0.4, -0.2) is 57.7 Å². The zero-order valence-electron chi connectivity index (χ0n) is 24.8. The Morgan fingerprint density at radius 1 is 1.04 bits per heavy atom. The molecule has 1 atom stereocenters. The van der Waals surface area contributed by atoms with Crippen LogP contribution in [-0.2, 0) is 17.9 Å². The minimum atomic E-state index is -0.779. The summed E-state index contributed by atoms with van der Waals surface area (Å²) in [6.07, 6.45) is 4.30. The number of carbonyl (C=O) groups is 1. The highest BCUT2D eigenvalue weighted by atomic mass is 35.5. The number of anilines is 2. The zero-order valence-corrected chi connectivity index (χ0v) is 27.1. The van der Waals surface area contributed by atoms with E-state index in [0.29, 0.717) is 58.2 Å². The first-order valence-electron chi connectivity index (χ1n) is 14.6. The van der Waals surface area contributed by atoms with Gasteiger partial charge in [0, 0.05) is 35.0 Å². The Balaban J connectivity index is 1.30. The second-order valence-electron chi connectivity index (χ2n) is 10.8. The zero-order chi connectivity index (χ0) is 31.5. The molecule has 0 spiro atoms. The maximum atomic E-state index is 11.8. The van der Waals surface area contributed by atoms with Crippen LogP contribution in [0, 0.1) is 0 Å². The summed E-state index contributed by atoms with van der Waals surface area (Å²) in [5.41, 5.74) is 5.29. The van der Waals surface area contributed by atoms with Crippen molar-refractivity contribution in [3.05, 3.63) is 81.4 Å². The van der Waals surface area contributed by atoms with Gasteiger partial charge < -0.3 is 20.5 Å². The van der Waals surface area contributed by atoms with Gasteiger partial charge in [-0.1, -0.05) is 66.0 Å². The summed E-state index contributed by atoms with van der Waals surface area (Å²) in [6, 6.07) is 16.9. The second-order valence-corrected chi connectivity index (χ2v) is 12.7. The molecule has 0 saturated carbocycles. The molecule has 9 nitrogen and oxygen atoms in total. The van der Waals surface area contributed by atoms with Crippen LogP contribution in [0.3, 0.4) is 0 Å². The fourth-order valence-electron chi connectivity index (χ4n) is 5.72. The van der Waals surface area contributed by atoms with E-state index in [1.807, 2.05) is 66.5 Å². The summed E-state index contributed by atoms with van der Waals surface area (Å²) in [5.74, 6) is 0.329. The minimum absolute atomic E-state index is 0.483. The Bertz CT molecular complexity index is 1870.